The van der Waals surface area contributed by atoms with Crippen molar-refractivity contribution in [3.8, 4) is 0 Å². The summed E-state index contributed by atoms with van der Waals surface area (Å²) in [6, 6.07) is 12.4. The molecule has 1 N–H and O–H groups in total. The summed E-state index contributed by atoms with van der Waals surface area (Å²) in [4.78, 5) is 29.1. The van der Waals surface area contributed by atoms with E-state index in [1.807, 2.05) is 25.1 Å². The molecule has 0 saturated carbocycles. The van der Waals surface area contributed by atoms with Gasteiger partial charge in [0.15, 0.2) is 5.69 Å². The first-order valence-corrected chi connectivity index (χ1v) is 7.96. The van der Waals surface area contributed by atoms with Crippen molar-refractivity contribution in [1.29, 1.82) is 0 Å². The molecule has 2 heterocycles. The third-order valence-electron chi connectivity index (χ3n) is 3.57. The molecule has 2 aromatic heterocycles. The van der Waals surface area contributed by atoms with E-state index >= 15 is 0 Å². The quantitative estimate of drug-likeness (QED) is 0.722. The number of nitrogens with one attached hydrogen (secondary N) is 1. The average Bonchev–Trinajstić information content (AvgIpc) is 2.97. The molecule has 126 valence electrons. The maximum absolute atomic E-state index is 12.6. The minimum atomic E-state index is -0.517. The van der Waals surface area contributed by atoms with Crippen LogP contribution < -0.4 is 5.56 Å². The van der Waals surface area contributed by atoms with Crippen LogP contribution in [0.25, 0.3) is 0 Å². The lowest BCUT2D eigenvalue weighted by Gasteiger charge is -1.99. The van der Waals surface area contributed by atoms with Gasteiger partial charge in [-0.15, -0.1) is 5.11 Å². The maximum Gasteiger partial charge on any atom is 0.302 e. The molecule has 0 atom stereocenters. The summed E-state index contributed by atoms with van der Waals surface area (Å²) in [7, 11) is 0. The molecule has 0 aliphatic carbocycles. The topological polar surface area (TPSA) is 92.5 Å². The summed E-state index contributed by atoms with van der Waals surface area (Å²) < 4.78 is 0.960. The Hall–Kier alpha value is -3.35. The molecule has 0 radical (unpaired) electrons. The van der Waals surface area contributed by atoms with Crippen LogP contribution in [0.1, 0.15) is 29.4 Å². The molecule has 0 fully saturated rings. The van der Waals surface area contributed by atoms with E-state index in [1.165, 1.54) is 6.20 Å². The number of H-pyrrole nitrogens is 1. The van der Waals surface area contributed by atoms with Gasteiger partial charge in [-0.25, -0.2) is 0 Å². The summed E-state index contributed by atoms with van der Waals surface area (Å²) in [5.41, 5.74) is 1.18. The number of pyridine rings is 1. The molecule has 7 nitrogen and oxygen atoms in total. The minimum Gasteiger partial charge on any atom is -0.290 e. The van der Waals surface area contributed by atoms with E-state index in [0.29, 0.717) is 23.4 Å². The molecule has 3 rings (SSSR count). The van der Waals surface area contributed by atoms with Crippen LogP contribution in [0.4, 0.5) is 11.4 Å². The second-order valence-corrected chi connectivity index (χ2v) is 5.41. The lowest BCUT2D eigenvalue weighted by Crippen LogP contribution is -2.25. The van der Waals surface area contributed by atoms with E-state index in [9.17, 15) is 9.59 Å². The highest BCUT2D eigenvalue weighted by Gasteiger charge is 2.19. The Kier molecular flexibility index (Phi) is 4.94. The highest BCUT2D eigenvalue weighted by molar-refractivity contribution is 5.95. The molecule has 0 aliphatic heterocycles. The van der Waals surface area contributed by atoms with Crippen LogP contribution in [0.5, 0.6) is 0 Å². The Balaban J connectivity index is 2.01. The molecule has 0 amide bonds. The van der Waals surface area contributed by atoms with Crippen LogP contribution in [-0.2, 0) is 6.42 Å². The Labute approximate surface area is 144 Å². The van der Waals surface area contributed by atoms with Crippen LogP contribution in [0.2, 0.25) is 0 Å². The number of azo groups is 1. The second kappa shape index (κ2) is 7.48. The summed E-state index contributed by atoms with van der Waals surface area (Å²) in [5.74, 6) is -0.475. The van der Waals surface area contributed by atoms with Gasteiger partial charge in [0.25, 0.3) is 5.91 Å². The zero-order valence-electron chi connectivity index (χ0n) is 13.7. The van der Waals surface area contributed by atoms with Gasteiger partial charge >= 0.3 is 5.56 Å². The van der Waals surface area contributed by atoms with Crippen LogP contribution >= 0.6 is 0 Å². The third kappa shape index (κ3) is 3.60. The molecule has 25 heavy (non-hydrogen) atoms. The molecular weight excluding hydrogens is 318 g/mol. The lowest BCUT2D eigenvalue weighted by molar-refractivity contribution is 0.0940. The van der Waals surface area contributed by atoms with Gasteiger partial charge in [-0.1, -0.05) is 31.5 Å². The number of nitrogens with zero attached hydrogens (tertiary/aromatic N) is 4. The van der Waals surface area contributed by atoms with Crippen LogP contribution in [0.15, 0.2) is 69.9 Å². The second-order valence-electron chi connectivity index (χ2n) is 5.41. The number of hydrogen-bond acceptors (Lipinski definition) is 5. The molecule has 0 bridgehead atoms. The molecule has 1 aromatic carbocycles. The van der Waals surface area contributed by atoms with Gasteiger partial charge < -0.3 is 0 Å². The van der Waals surface area contributed by atoms with Crippen molar-refractivity contribution in [2.24, 2.45) is 10.2 Å². The number of benzene rings is 1. The number of carbonyl (C=O) groups excluding carboxylic acids is 1. The first-order valence-electron chi connectivity index (χ1n) is 7.96. The third-order valence-corrected chi connectivity index (χ3v) is 3.57. The van der Waals surface area contributed by atoms with Crippen molar-refractivity contribution in [2.75, 3.05) is 0 Å². The molecule has 0 unspecified atom stereocenters. The first kappa shape index (κ1) is 16.5. The number of aromatic nitrogens is 3. The summed E-state index contributed by atoms with van der Waals surface area (Å²) >= 11 is 0. The van der Waals surface area contributed by atoms with Gasteiger partial charge in [-0.2, -0.15) is 9.80 Å². The zero-order chi connectivity index (χ0) is 17.6. The Morgan fingerprint density at radius 2 is 1.96 bits per heavy atom. The maximum atomic E-state index is 12.6. The number of aryl methyl sites for hydroxylation is 1. The van der Waals surface area contributed by atoms with Crippen molar-refractivity contribution < 1.29 is 4.79 Å². The van der Waals surface area contributed by atoms with Gasteiger partial charge in [0.2, 0.25) is 0 Å². The minimum absolute atomic E-state index is 0.156. The fourth-order valence-electron chi connectivity index (χ4n) is 2.36. The lowest BCUT2D eigenvalue weighted by atomic mass is 10.2. The number of hydrogen-bond donors (Lipinski definition) is 1. The van der Waals surface area contributed by atoms with Crippen molar-refractivity contribution in [3.63, 3.8) is 0 Å². The number of carbonyl (C=O) groups is 1. The SMILES string of the molecule is CCCc1[nH]n(C(=O)c2cccnc2)c(=O)c1N=Nc1ccccc1. The normalized spacial score (nSPS) is 11.1. The van der Waals surface area contributed by atoms with Gasteiger partial charge in [-0.3, -0.25) is 19.7 Å². The fraction of sp³-hybridized carbons (Fsp3) is 0.167. The van der Waals surface area contributed by atoms with Gasteiger partial charge in [-0.05, 0) is 30.7 Å². The largest absolute Gasteiger partial charge is 0.302 e. The van der Waals surface area contributed by atoms with Crippen molar-refractivity contribution in [1.82, 2.24) is 14.8 Å². The molecule has 0 aliphatic rings. The summed E-state index contributed by atoms with van der Waals surface area (Å²) in [5, 5.41) is 11.0. The summed E-state index contributed by atoms with van der Waals surface area (Å²) in [6.45, 7) is 1.98. The van der Waals surface area contributed by atoms with E-state index in [2.05, 4.69) is 20.3 Å². The van der Waals surface area contributed by atoms with E-state index in [-0.39, 0.29) is 5.69 Å². The number of aromatic amines is 1. The van der Waals surface area contributed by atoms with Crippen LogP contribution in [0, 0.1) is 0 Å². The summed E-state index contributed by atoms with van der Waals surface area (Å²) in [6.07, 6.45) is 4.37. The molecule has 0 saturated heterocycles. The van der Waals surface area contributed by atoms with Crippen molar-refractivity contribution in [3.05, 3.63) is 76.5 Å². The Bertz CT molecular complexity index is 943. The highest BCUT2D eigenvalue weighted by atomic mass is 16.2. The van der Waals surface area contributed by atoms with Crippen molar-refractivity contribution in [2.45, 2.75) is 19.8 Å². The predicted octanol–water partition coefficient (Wildman–Crippen LogP) is 3.63. The first-order chi connectivity index (χ1) is 12.2. The monoisotopic (exact) mass is 335 g/mol. The van der Waals surface area contributed by atoms with Crippen LogP contribution in [-0.4, -0.2) is 20.7 Å². The molecule has 7 heteroatoms. The molecule has 0 spiro atoms. The Morgan fingerprint density at radius 1 is 1.16 bits per heavy atom. The standard InChI is InChI=1S/C18H17N5O2/c1-2-7-15-16(21-20-14-9-4-3-5-10-14)18(25)23(22-15)17(24)13-8-6-11-19-12-13/h3-6,8-12,22H,2,7H2,1H3. The van der Waals surface area contributed by atoms with Gasteiger partial charge in [0, 0.05) is 12.4 Å². The highest BCUT2D eigenvalue weighted by Crippen LogP contribution is 2.19. The van der Waals surface area contributed by atoms with E-state index < -0.39 is 11.5 Å². The fourth-order valence-corrected chi connectivity index (χ4v) is 2.36. The smallest absolute Gasteiger partial charge is 0.290 e. The Morgan fingerprint density at radius 3 is 2.64 bits per heavy atom. The predicted molar refractivity (Wildman–Crippen MR) is 93.6 cm³/mol. The number of rotatable bonds is 5. The van der Waals surface area contributed by atoms with E-state index in [4.69, 9.17) is 0 Å². The van der Waals surface area contributed by atoms with Gasteiger partial charge in [0.1, 0.15) is 0 Å². The zero-order valence-corrected chi connectivity index (χ0v) is 13.7. The van der Waals surface area contributed by atoms with E-state index in [0.717, 1.165) is 11.1 Å². The molecular formula is C18H17N5O2. The van der Waals surface area contributed by atoms with Gasteiger partial charge in [0.05, 0.1) is 16.9 Å². The average molecular weight is 335 g/mol. The van der Waals surface area contributed by atoms with Crippen LogP contribution in [0.3, 0.4) is 0 Å². The van der Waals surface area contributed by atoms with Crippen molar-refractivity contribution >= 4 is 17.3 Å². The van der Waals surface area contributed by atoms with E-state index in [1.54, 1.807) is 30.5 Å². The molecule has 3 aromatic rings.